The average Bonchev–Trinajstić information content (AvgIpc) is 2.56. The zero-order valence-corrected chi connectivity index (χ0v) is 15.7. The van der Waals surface area contributed by atoms with E-state index in [1.807, 2.05) is 6.92 Å². The van der Waals surface area contributed by atoms with E-state index in [4.69, 9.17) is 10.5 Å². The molecule has 7 heteroatoms. The molecule has 1 saturated carbocycles. The number of hydrogen-bond donors (Lipinski definition) is 3. The molecule has 1 atom stereocenters. The van der Waals surface area contributed by atoms with Crippen molar-refractivity contribution in [1.82, 2.24) is 9.97 Å². The number of primary amides is 1. The number of rotatable bonds is 8. The summed E-state index contributed by atoms with van der Waals surface area (Å²) < 4.78 is 5.69. The first-order valence-corrected chi connectivity index (χ1v) is 9.22. The van der Waals surface area contributed by atoms with Crippen molar-refractivity contribution < 1.29 is 9.53 Å². The van der Waals surface area contributed by atoms with Crippen LogP contribution in [0.2, 0.25) is 0 Å². The molecule has 0 aliphatic heterocycles. The molecule has 0 saturated heterocycles. The van der Waals surface area contributed by atoms with Gasteiger partial charge in [0.05, 0.1) is 11.7 Å². The second-order valence-electron chi connectivity index (χ2n) is 7.07. The smallest absolute Gasteiger partial charge is 0.254 e. The van der Waals surface area contributed by atoms with E-state index in [-0.39, 0.29) is 6.04 Å². The van der Waals surface area contributed by atoms with Crippen molar-refractivity contribution in [1.29, 1.82) is 0 Å². The number of carbonyl (C=O) groups is 1. The summed E-state index contributed by atoms with van der Waals surface area (Å²) in [6.07, 6.45) is 6.00. The van der Waals surface area contributed by atoms with Crippen LogP contribution in [0.15, 0.2) is 6.20 Å². The van der Waals surface area contributed by atoms with Crippen LogP contribution in [-0.2, 0) is 4.74 Å². The number of nitrogens with zero attached hydrogens (tertiary/aromatic N) is 2. The number of nitrogens with one attached hydrogen (secondary N) is 2. The van der Waals surface area contributed by atoms with Gasteiger partial charge in [-0.15, -0.1) is 0 Å². The number of carbonyl (C=O) groups excluding carboxylic acids is 1. The normalized spacial score (nSPS) is 21.8. The molecule has 4 N–H and O–H groups in total. The van der Waals surface area contributed by atoms with Gasteiger partial charge in [-0.1, -0.05) is 13.8 Å². The Kier molecular flexibility index (Phi) is 6.99. The van der Waals surface area contributed by atoms with Crippen LogP contribution in [0.1, 0.15) is 63.7 Å². The van der Waals surface area contributed by atoms with Crippen molar-refractivity contribution in [2.45, 2.75) is 71.6 Å². The second kappa shape index (κ2) is 8.99. The van der Waals surface area contributed by atoms with Crippen molar-refractivity contribution in [3.63, 3.8) is 0 Å². The first-order valence-electron chi connectivity index (χ1n) is 9.22. The Morgan fingerprint density at radius 1 is 1.32 bits per heavy atom. The van der Waals surface area contributed by atoms with Gasteiger partial charge in [-0.3, -0.25) is 4.79 Å². The molecule has 1 amide bonds. The molecule has 1 aliphatic carbocycles. The van der Waals surface area contributed by atoms with E-state index in [2.05, 4.69) is 41.4 Å². The van der Waals surface area contributed by atoms with E-state index in [0.29, 0.717) is 35.4 Å². The summed E-state index contributed by atoms with van der Waals surface area (Å²) in [6.45, 7) is 9.08. The fourth-order valence-corrected chi connectivity index (χ4v) is 2.92. The van der Waals surface area contributed by atoms with E-state index in [1.165, 1.54) is 6.20 Å². The Balaban J connectivity index is 2.05. The van der Waals surface area contributed by atoms with Crippen molar-refractivity contribution in [2.75, 3.05) is 17.2 Å². The molecule has 0 bridgehead atoms. The van der Waals surface area contributed by atoms with E-state index in [0.717, 1.165) is 32.3 Å². The van der Waals surface area contributed by atoms with Gasteiger partial charge in [-0.2, -0.15) is 4.98 Å². The predicted molar refractivity (Wildman–Crippen MR) is 99.8 cm³/mol. The van der Waals surface area contributed by atoms with Crippen molar-refractivity contribution in [3.8, 4) is 0 Å². The summed E-state index contributed by atoms with van der Waals surface area (Å²) in [5.41, 5.74) is 5.77. The van der Waals surface area contributed by atoms with Gasteiger partial charge >= 0.3 is 0 Å². The maximum Gasteiger partial charge on any atom is 0.254 e. The molecule has 0 unspecified atom stereocenters. The van der Waals surface area contributed by atoms with Gasteiger partial charge in [-0.25, -0.2) is 4.98 Å². The second-order valence-corrected chi connectivity index (χ2v) is 7.07. The quantitative estimate of drug-likeness (QED) is 0.667. The first kappa shape index (κ1) is 19.4. The van der Waals surface area contributed by atoms with E-state index >= 15 is 0 Å². The summed E-state index contributed by atoms with van der Waals surface area (Å²) in [5.74, 6) is 0.903. The molecule has 140 valence electrons. The molecule has 25 heavy (non-hydrogen) atoms. The molecule has 0 aromatic carbocycles. The zero-order valence-electron chi connectivity index (χ0n) is 15.7. The molecule has 1 aliphatic rings. The summed E-state index contributed by atoms with van der Waals surface area (Å²) in [5, 5.41) is 6.66. The molecular weight excluding hydrogens is 318 g/mol. The minimum Gasteiger partial charge on any atom is -0.379 e. The molecule has 1 heterocycles. The Morgan fingerprint density at radius 3 is 2.56 bits per heavy atom. The molecule has 1 fully saturated rings. The molecule has 1 aromatic rings. The fourth-order valence-electron chi connectivity index (χ4n) is 2.92. The Morgan fingerprint density at radius 2 is 2.00 bits per heavy atom. The predicted octanol–water partition coefficient (Wildman–Crippen LogP) is 2.79. The van der Waals surface area contributed by atoms with Gasteiger partial charge < -0.3 is 21.1 Å². The molecular formula is C18H31N5O2. The lowest BCUT2D eigenvalue weighted by Crippen LogP contribution is -2.31. The largest absolute Gasteiger partial charge is 0.379 e. The SMILES string of the molecule is CCOC1CCC(Nc2ncc(C(N)=O)c(N[C@H](C)C(C)C)n2)CC1. The maximum atomic E-state index is 11.6. The highest BCUT2D eigenvalue weighted by Crippen LogP contribution is 2.24. The Bertz CT molecular complexity index is 571. The molecule has 0 spiro atoms. The lowest BCUT2D eigenvalue weighted by Gasteiger charge is -2.29. The molecule has 7 nitrogen and oxygen atoms in total. The van der Waals surface area contributed by atoms with E-state index < -0.39 is 5.91 Å². The van der Waals surface area contributed by atoms with Gasteiger partial charge in [0, 0.05) is 24.9 Å². The molecule has 0 radical (unpaired) electrons. The van der Waals surface area contributed by atoms with E-state index in [9.17, 15) is 4.79 Å². The minimum atomic E-state index is -0.526. The average molecular weight is 349 g/mol. The van der Waals surface area contributed by atoms with Crippen LogP contribution in [0.5, 0.6) is 0 Å². The highest BCUT2D eigenvalue weighted by molar-refractivity contribution is 5.97. The van der Waals surface area contributed by atoms with Crippen molar-refractivity contribution in [3.05, 3.63) is 11.8 Å². The number of anilines is 2. The first-order chi connectivity index (χ1) is 11.9. The van der Waals surface area contributed by atoms with Crippen LogP contribution < -0.4 is 16.4 Å². The summed E-state index contributed by atoms with van der Waals surface area (Å²) in [7, 11) is 0. The minimum absolute atomic E-state index is 0.169. The third kappa shape index (κ3) is 5.56. The highest BCUT2D eigenvalue weighted by Gasteiger charge is 2.22. The molecule has 2 rings (SSSR count). The van der Waals surface area contributed by atoms with Crippen LogP contribution in [0.25, 0.3) is 0 Å². The molecule has 1 aromatic heterocycles. The van der Waals surface area contributed by atoms with Gasteiger partial charge in [0.25, 0.3) is 5.91 Å². The summed E-state index contributed by atoms with van der Waals surface area (Å²) in [6, 6.07) is 0.494. The van der Waals surface area contributed by atoms with Crippen LogP contribution in [-0.4, -0.2) is 40.7 Å². The van der Waals surface area contributed by atoms with Gasteiger partial charge in [-0.05, 0) is 45.4 Å². The number of hydrogen-bond acceptors (Lipinski definition) is 6. The van der Waals surface area contributed by atoms with Gasteiger partial charge in [0.2, 0.25) is 5.95 Å². The number of amides is 1. The lowest BCUT2D eigenvalue weighted by atomic mass is 9.93. The lowest BCUT2D eigenvalue weighted by molar-refractivity contribution is 0.0346. The third-order valence-electron chi connectivity index (χ3n) is 4.83. The number of ether oxygens (including phenoxy) is 1. The van der Waals surface area contributed by atoms with Crippen molar-refractivity contribution in [2.24, 2.45) is 11.7 Å². The van der Waals surface area contributed by atoms with Crippen LogP contribution >= 0.6 is 0 Å². The standard InChI is InChI=1S/C18H31N5O2/c1-5-25-14-8-6-13(7-9-14)22-18-20-10-15(16(19)24)17(23-18)21-12(4)11(2)3/h10-14H,5-9H2,1-4H3,(H2,19,24)(H2,20,21,22,23)/t12-,13?,14?/m1/s1. The zero-order chi connectivity index (χ0) is 18.4. The Labute approximate surface area is 150 Å². The van der Waals surface area contributed by atoms with Crippen LogP contribution in [0.4, 0.5) is 11.8 Å². The van der Waals surface area contributed by atoms with Gasteiger partial charge in [0.15, 0.2) is 0 Å². The topological polar surface area (TPSA) is 102 Å². The summed E-state index contributed by atoms with van der Waals surface area (Å²) >= 11 is 0. The van der Waals surface area contributed by atoms with E-state index in [1.54, 1.807) is 0 Å². The maximum absolute atomic E-state index is 11.6. The summed E-state index contributed by atoms with van der Waals surface area (Å²) in [4.78, 5) is 20.4. The van der Waals surface area contributed by atoms with Crippen molar-refractivity contribution >= 4 is 17.7 Å². The van der Waals surface area contributed by atoms with Crippen LogP contribution in [0, 0.1) is 5.92 Å². The van der Waals surface area contributed by atoms with Gasteiger partial charge in [0.1, 0.15) is 5.82 Å². The Hall–Kier alpha value is -1.89. The fraction of sp³-hybridized carbons (Fsp3) is 0.722. The number of aromatic nitrogens is 2. The highest BCUT2D eigenvalue weighted by atomic mass is 16.5. The monoisotopic (exact) mass is 349 g/mol. The van der Waals surface area contributed by atoms with Crippen LogP contribution in [0.3, 0.4) is 0 Å². The third-order valence-corrected chi connectivity index (χ3v) is 4.83. The number of nitrogens with two attached hydrogens (primary N) is 1.